The molecule has 98 valence electrons. The summed E-state index contributed by atoms with van der Waals surface area (Å²) in [6.07, 6.45) is 0. The number of ether oxygens (including phenoxy) is 2. The maximum Gasteiger partial charge on any atom is 0.338 e. The zero-order valence-electron chi connectivity index (χ0n) is 10.1. The molecule has 0 radical (unpaired) electrons. The third-order valence-electron chi connectivity index (χ3n) is 2.82. The van der Waals surface area contributed by atoms with Crippen LogP contribution in [0.2, 0.25) is 0 Å². The smallest absolute Gasteiger partial charge is 0.338 e. The molecule has 0 spiro atoms. The highest BCUT2D eigenvalue weighted by molar-refractivity contribution is 14.1. The Labute approximate surface area is 120 Å². The van der Waals surface area contributed by atoms with Gasteiger partial charge in [0.2, 0.25) is 0 Å². The third-order valence-corrected chi connectivity index (χ3v) is 3.54. The first-order chi connectivity index (χ1) is 8.75. The Bertz CT molecular complexity index is 388. The number of hydrogen-bond donors (Lipinski definition) is 0. The average molecular weight is 361 g/mol. The first-order valence-electron chi connectivity index (χ1n) is 5.98. The van der Waals surface area contributed by atoms with Crippen molar-refractivity contribution >= 4 is 28.6 Å². The highest BCUT2D eigenvalue weighted by atomic mass is 127. The van der Waals surface area contributed by atoms with Gasteiger partial charge in [0.1, 0.15) is 6.61 Å². The van der Waals surface area contributed by atoms with Crippen molar-refractivity contribution in [2.45, 2.75) is 0 Å². The molecule has 1 aromatic carbocycles. The lowest BCUT2D eigenvalue weighted by Crippen LogP contribution is -2.38. The molecular weight excluding hydrogens is 345 g/mol. The van der Waals surface area contributed by atoms with Crippen LogP contribution < -0.4 is 0 Å². The van der Waals surface area contributed by atoms with Crippen LogP contribution in [0.5, 0.6) is 0 Å². The number of carbonyl (C=O) groups excluding carboxylic acids is 1. The molecule has 5 heteroatoms. The van der Waals surface area contributed by atoms with E-state index in [1.807, 2.05) is 12.1 Å². The lowest BCUT2D eigenvalue weighted by atomic mass is 10.2. The summed E-state index contributed by atoms with van der Waals surface area (Å²) < 4.78 is 11.6. The lowest BCUT2D eigenvalue weighted by Gasteiger charge is -2.26. The van der Waals surface area contributed by atoms with Crippen LogP contribution in [0.15, 0.2) is 24.3 Å². The van der Waals surface area contributed by atoms with Gasteiger partial charge in [0.15, 0.2) is 0 Å². The van der Waals surface area contributed by atoms with E-state index in [2.05, 4.69) is 27.5 Å². The lowest BCUT2D eigenvalue weighted by molar-refractivity contribution is 0.0195. The summed E-state index contributed by atoms with van der Waals surface area (Å²) in [7, 11) is 0. The second kappa shape index (κ2) is 7.06. The number of nitrogens with zero attached hydrogens (tertiary/aromatic N) is 1. The number of halogens is 1. The molecule has 2 rings (SSSR count). The molecule has 0 aromatic heterocycles. The number of esters is 1. The van der Waals surface area contributed by atoms with E-state index in [1.165, 1.54) is 0 Å². The minimum atomic E-state index is -0.250. The van der Waals surface area contributed by atoms with E-state index in [1.54, 1.807) is 12.1 Å². The maximum atomic E-state index is 11.7. The van der Waals surface area contributed by atoms with E-state index in [0.717, 1.165) is 36.4 Å². The number of hydrogen-bond acceptors (Lipinski definition) is 4. The summed E-state index contributed by atoms with van der Waals surface area (Å²) in [6.45, 7) is 4.59. The fourth-order valence-corrected chi connectivity index (χ4v) is 2.12. The fraction of sp³-hybridized carbons (Fsp3) is 0.462. The average Bonchev–Trinajstić information content (AvgIpc) is 2.40. The molecule has 0 unspecified atom stereocenters. The summed E-state index contributed by atoms with van der Waals surface area (Å²) in [5.41, 5.74) is 0.609. The van der Waals surface area contributed by atoms with Gasteiger partial charge in [-0.1, -0.05) is 0 Å². The van der Waals surface area contributed by atoms with Crippen LogP contribution in [-0.2, 0) is 9.47 Å². The first-order valence-corrected chi connectivity index (χ1v) is 7.06. The highest BCUT2D eigenvalue weighted by Crippen LogP contribution is 2.08. The molecule has 0 amide bonds. The van der Waals surface area contributed by atoms with E-state index in [0.29, 0.717) is 12.2 Å². The van der Waals surface area contributed by atoms with Crippen molar-refractivity contribution in [2.75, 3.05) is 39.5 Å². The highest BCUT2D eigenvalue weighted by Gasteiger charge is 2.11. The molecule has 1 heterocycles. The zero-order valence-corrected chi connectivity index (χ0v) is 12.3. The summed E-state index contributed by atoms with van der Waals surface area (Å²) in [5, 5.41) is 0. The number of morpholine rings is 1. The number of benzene rings is 1. The van der Waals surface area contributed by atoms with Gasteiger partial charge in [-0.25, -0.2) is 4.79 Å². The second-order valence-electron chi connectivity index (χ2n) is 4.10. The number of carbonyl (C=O) groups is 1. The third kappa shape index (κ3) is 4.22. The summed E-state index contributed by atoms with van der Waals surface area (Å²) >= 11 is 2.21. The Morgan fingerprint density at radius 3 is 2.61 bits per heavy atom. The minimum Gasteiger partial charge on any atom is -0.461 e. The molecule has 1 aliphatic heterocycles. The molecule has 0 N–H and O–H groups in total. The maximum absolute atomic E-state index is 11.7. The summed E-state index contributed by atoms with van der Waals surface area (Å²) in [4.78, 5) is 14.0. The normalized spacial score (nSPS) is 16.5. The van der Waals surface area contributed by atoms with Crippen LogP contribution in [0.1, 0.15) is 10.4 Å². The van der Waals surface area contributed by atoms with Gasteiger partial charge in [-0.05, 0) is 46.9 Å². The van der Waals surface area contributed by atoms with Gasteiger partial charge in [0.05, 0.1) is 18.8 Å². The topological polar surface area (TPSA) is 38.8 Å². The molecule has 18 heavy (non-hydrogen) atoms. The van der Waals surface area contributed by atoms with E-state index in [4.69, 9.17) is 9.47 Å². The fourth-order valence-electron chi connectivity index (χ4n) is 1.76. The molecule has 1 saturated heterocycles. The van der Waals surface area contributed by atoms with Crippen molar-refractivity contribution in [3.63, 3.8) is 0 Å². The molecule has 0 saturated carbocycles. The van der Waals surface area contributed by atoms with E-state index < -0.39 is 0 Å². The number of rotatable bonds is 4. The van der Waals surface area contributed by atoms with Crippen molar-refractivity contribution in [2.24, 2.45) is 0 Å². The van der Waals surface area contributed by atoms with Crippen molar-refractivity contribution in [3.8, 4) is 0 Å². The van der Waals surface area contributed by atoms with Gasteiger partial charge in [-0.15, -0.1) is 0 Å². The molecule has 1 aromatic rings. The minimum absolute atomic E-state index is 0.250. The largest absolute Gasteiger partial charge is 0.461 e. The van der Waals surface area contributed by atoms with Crippen molar-refractivity contribution < 1.29 is 14.3 Å². The Hall–Kier alpha value is -0.660. The molecule has 1 fully saturated rings. The van der Waals surface area contributed by atoms with Gasteiger partial charge >= 0.3 is 5.97 Å². The molecular formula is C13H16INO3. The first kappa shape index (κ1) is 13.8. The summed E-state index contributed by atoms with van der Waals surface area (Å²) in [6, 6.07) is 7.38. The van der Waals surface area contributed by atoms with Crippen LogP contribution in [0.4, 0.5) is 0 Å². The van der Waals surface area contributed by atoms with E-state index in [-0.39, 0.29) is 5.97 Å². The summed E-state index contributed by atoms with van der Waals surface area (Å²) in [5.74, 6) is -0.250. The van der Waals surface area contributed by atoms with Crippen LogP contribution in [-0.4, -0.2) is 50.3 Å². The predicted octanol–water partition coefficient (Wildman–Crippen LogP) is 1.78. The van der Waals surface area contributed by atoms with Gasteiger partial charge in [0.25, 0.3) is 0 Å². The van der Waals surface area contributed by atoms with Crippen molar-refractivity contribution in [1.29, 1.82) is 0 Å². The standard InChI is InChI=1S/C13H16INO3/c14-12-3-1-11(2-4-12)13(16)18-10-7-15-5-8-17-9-6-15/h1-4H,5-10H2. The van der Waals surface area contributed by atoms with E-state index >= 15 is 0 Å². The Kier molecular flexibility index (Phi) is 5.40. The SMILES string of the molecule is O=C(OCCN1CCOCC1)c1ccc(I)cc1. The Morgan fingerprint density at radius 2 is 1.94 bits per heavy atom. The van der Waals surface area contributed by atoms with Crippen LogP contribution >= 0.6 is 22.6 Å². The van der Waals surface area contributed by atoms with Crippen molar-refractivity contribution in [1.82, 2.24) is 4.90 Å². The molecule has 0 atom stereocenters. The van der Waals surface area contributed by atoms with Crippen molar-refractivity contribution in [3.05, 3.63) is 33.4 Å². The van der Waals surface area contributed by atoms with Gasteiger partial charge in [0, 0.05) is 23.2 Å². The molecule has 1 aliphatic rings. The molecule has 0 bridgehead atoms. The van der Waals surface area contributed by atoms with Gasteiger partial charge < -0.3 is 9.47 Å². The predicted molar refractivity (Wildman–Crippen MR) is 76.7 cm³/mol. The van der Waals surface area contributed by atoms with Crippen LogP contribution in [0, 0.1) is 3.57 Å². The van der Waals surface area contributed by atoms with Crippen LogP contribution in [0.3, 0.4) is 0 Å². The zero-order chi connectivity index (χ0) is 12.8. The quantitative estimate of drug-likeness (QED) is 0.606. The second-order valence-corrected chi connectivity index (χ2v) is 5.34. The monoisotopic (exact) mass is 361 g/mol. The molecule has 0 aliphatic carbocycles. The van der Waals surface area contributed by atoms with E-state index in [9.17, 15) is 4.79 Å². The Balaban J connectivity index is 1.72. The van der Waals surface area contributed by atoms with Crippen LogP contribution in [0.25, 0.3) is 0 Å². The van der Waals surface area contributed by atoms with Gasteiger partial charge in [-0.3, -0.25) is 4.90 Å². The van der Waals surface area contributed by atoms with Gasteiger partial charge in [-0.2, -0.15) is 0 Å². The molecule has 4 nitrogen and oxygen atoms in total. The Morgan fingerprint density at radius 1 is 1.28 bits per heavy atom.